The molecule has 0 aromatic carbocycles. The Kier molecular flexibility index (Phi) is 168. The average Bonchev–Trinajstić information content (AvgIpc) is 2.20. The van der Waals surface area contributed by atoms with E-state index in [2.05, 4.69) is 19.7 Å². The Morgan fingerprint density at radius 1 is 0.895 bits per heavy atom. The zero-order valence-electron chi connectivity index (χ0n) is 13.1. The van der Waals surface area contributed by atoms with Crippen molar-refractivity contribution < 1.29 is 73.5 Å². The molecule has 0 spiro atoms. The first-order valence-corrected chi connectivity index (χ1v) is 6.11. The van der Waals surface area contributed by atoms with Gasteiger partial charge in [-0.25, -0.2) is 0 Å². The Hall–Kier alpha value is 1.29. The van der Waals surface area contributed by atoms with Crippen molar-refractivity contribution in [2.24, 2.45) is 11.5 Å². The van der Waals surface area contributed by atoms with E-state index >= 15 is 0 Å². The van der Waals surface area contributed by atoms with Crippen LogP contribution in [0.1, 0.15) is 20.8 Å². The predicted molar refractivity (Wildman–Crippen MR) is 74.7 cm³/mol. The van der Waals surface area contributed by atoms with E-state index in [9.17, 15) is 0 Å². The molecule has 0 bridgehead atoms. The molecule has 0 aromatic rings. The second-order valence-corrected chi connectivity index (χ2v) is 2.55. The van der Waals surface area contributed by atoms with E-state index in [-0.39, 0.29) is 59.1 Å². The molecule has 0 aliphatic carbocycles. The summed E-state index contributed by atoms with van der Waals surface area (Å²) in [7, 11) is -3.63. The van der Waals surface area contributed by atoms with Crippen LogP contribution in [0.5, 0.6) is 0 Å². The maximum absolute atomic E-state index is 8.52. The van der Waals surface area contributed by atoms with Crippen LogP contribution in [0.3, 0.4) is 0 Å². The zero-order chi connectivity index (χ0) is 15.1. The van der Waals surface area contributed by atoms with E-state index in [4.69, 9.17) is 25.8 Å². The summed E-state index contributed by atoms with van der Waals surface area (Å²) in [5, 5.41) is 0. The molecule has 0 saturated carbocycles. The van der Waals surface area contributed by atoms with Crippen molar-refractivity contribution in [1.29, 1.82) is 0 Å². The topological polar surface area (TPSA) is 115 Å². The minimum absolute atomic E-state index is 0. The molecule has 0 rings (SSSR count). The van der Waals surface area contributed by atoms with Crippen LogP contribution >= 0.6 is 8.25 Å². The Bertz CT molecular complexity index is 143. The molecule has 19 heavy (non-hydrogen) atoms. The number of rotatable bonds is 1. The monoisotopic (exact) mass is 312 g/mol. The third-order valence-corrected chi connectivity index (χ3v) is 0.167. The Morgan fingerprint density at radius 3 is 0.947 bits per heavy atom. The summed E-state index contributed by atoms with van der Waals surface area (Å²) >= 11 is 0. The van der Waals surface area contributed by atoms with Crippen molar-refractivity contribution in [1.82, 2.24) is 0 Å². The minimum atomic E-state index is -3.63. The molecule has 0 unspecified atom stereocenters. The minimum Gasteiger partial charge on any atom is -0.813 e. The van der Waals surface area contributed by atoms with Gasteiger partial charge < -0.3 is 25.8 Å². The van der Waals surface area contributed by atoms with E-state index in [1.54, 1.807) is 18.2 Å². The van der Waals surface area contributed by atoms with Crippen molar-refractivity contribution in [2.45, 2.75) is 20.8 Å². The van der Waals surface area contributed by atoms with Crippen LogP contribution in [0.4, 0.5) is 0 Å². The second-order valence-electron chi connectivity index (χ2n) is 2.05. The van der Waals surface area contributed by atoms with Crippen molar-refractivity contribution in [2.75, 3.05) is 13.1 Å². The molecule has 106 valence electrons. The normalized spacial score (nSPS) is 5.47. The summed E-state index contributed by atoms with van der Waals surface area (Å²) in [6.45, 7) is 16.9. The summed E-state index contributed by atoms with van der Waals surface area (Å²) in [4.78, 5) is 17.0. The van der Waals surface area contributed by atoms with Gasteiger partial charge in [-0.1, -0.05) is 26.5 Å². The van der Waals surface area contributed by atoms with Crippen LogP contribution in [0.25, 0.3) is 0 Å². The average molecular weight is 312 g/mol. The van der Waals surface area contributed by atoms with Crippen LogP contribution in [-0.4, -0.2) is 13.1 Å². The van der Waals surface area contributed by atoms with Gasteiger partial charge in [-0.15, -0.1) is 19.7 Å². The van der Waals surface area contributed by atoms with Crippen molar-refractivity contribution in [3.8, 4) is 0 Å². The summed E-state index contributed by atoms with van der Waals surface area (Å²) in [5.74, 6) is 0. The number of allylic oxidation sites excluding steroid dienone is 3. The molecule has 0 atom stereocenters. The fraction of sp³-hybridized carbons (Fsp3) is 0.455. The van der Waals surface area contributed by atoms with Gasteiger partial charge in [-0.05, 0) is 20.8 Å². The standard InChI is InChI=1S/3C3H6.C2H8N2.2Na.H3O3P/c3*1-3-2;3-1-2-4;;;1-4(2)3/h3*3H,1H2,2H3;1-4H2;;;4H,(H2,1,2,3)/q;;;;2*+1;/p-2. The fourth-order valence-corrected chi connectivity index (χ4v) is 0. The molecular weight excluding hydrogens is 285 g/mol. The van der Waals surface area contributed by atoms with Crippen LogP contribution in [0, 0.1) is 0 Å². The third kappa shape index (κ3) is 1100. The summed E-state index contributed by atoms with van der Waals surface area (Å²) in [6, 6.07) is 0. The zero-order valence-corrected chi connectivity index (χ0v) is 18.1. The van der Waals surface area contributed by atoms with Gasteiger partial charge in [0.15, 0.2) is 0 Å². The summed E-state index contributed by atoms with van der Waals surface area (Å²) in [6.07, 6.45) is 5.25. The van der Waals surface area contributed by atoms with Crippen molar-refractivity contribution in [3.63, 3.8) is 0 Å². The van der Waals surface area contributed by atoms with E-state index in [1.165, 1.54) is 0 Å². The Balaban J connectivity index is -0.0000000186. The number of hydrogen-bond donors (Lipinski definition) is 2. The fourth-order valence-electron chi connectivity index (χ4n) is 0. The molecule has 0 radical (unpaired) electrons. The smallest absolute Gasteiger partial charge is 0.813 e. The first kappa shape index (κ1) is 42.7. The van der Waals surface area contributed by atoms with E-state index < -0.39 is 8.25 Å². The maximum Gasteiger partial charge on any atom is 1.00 e. The quantitative estimate of drug-likeness (QED) is 0.285. The Labute approximate surface area is 163 Å². The molecule has 0 saturated heterocycles. The third-order valence-electron chi connectivity index (χ3n) is 0.167. The van der Waals surface area contributed by atoms with Gasteiger partial charge in [-0.2, -0.15) is 0 Å². The SMILES string of the molecule is C=CC.C=CC.C=CC.NCCN.O=[PH]([O-])[O-].[Na+].[Na+]. The molecule has 0 fully saturated rings. The molecule has 0 aliphatic heterocycles. The van der Waals surface area contributed by atoms with Gasteiger partial charge in [0.05, 0.1) is 0 Å². The van der Waals surface area contributed by atoms with Gasteiger partial charge in [0.2, 0.25) is 0 Å². The van der Waals surface area contributed by atoms with Crippen LogP contribution in [-0.2, 0) is 4.57 Å². The molecule has 4 N–H and O–H groups in total. The van der Waals surface area contributed by atoms with Gasteiger partial charge in [0.1, 0.15) is 0 Å². The summed E-state index contributed by atoms with van der Waals surface area (Å²) < 4.78 is 8.52. The first-order chi connectivity index (χ1) is 7.89. The van der Waals surface area contributed by atoms with Gasteiger partial charge in [0.25, 0.3) is 0 Å². The largest absolute Gasteiger partial charge is 1.00 e. The van der Waals surface area contributed by atoms with Gasteiger partial charge in [0, 0.05) is 13.1 Å². The van der Waals surface area contributed by atoms with E-state index in [0.29, 0.717) is 13.1 Å². The molecule has 8 heteroatoms. The predicted octanol–water partition coefficient (Wildman–Crippen LogP) is -5.41. The summed E-state index contributed by atoms with van der Waals surface area (Å²) in [5.41, 5.74) is 9.81. The van der Waals surface area contributed by atoms with Crippen LogP contribution in [0.2, 0.25) is 0 Å². The van der Waals surface area contributed by atoms with E-state index in [0.717, 1.165) is 0 Å². The molecule has 5 nitrogen and oxygen atoms in total. The van der Waals surface area contributed by atoms with Gasteiger partial charge >= 0.3 is 59.1 Å². The maximum atomic E-state index is 8.52. The molecule has 0 amide bonds. The van der Waals surface area contributed by atoms with Crippen LogP contribution < -0.4 is 80.4 Å². The van der Waals surface area contributed by atoms with Gasteiger partial charge in [-0.3, -0.25) is 0 Å². The molecule has 0 aliphatic rings. The molecule has 0 heterocycles. The molecular formula is C11H27N2Na2O3P. The van der Waals surface area contributed by atoms with E-state index in [1.807, 2.05) is 20.8 Å². The number of nitrogens with two attached hydrogens (primary N) is 2. The number of hydrogen-bond acceptors (Lipinski definition) is 5. The van der Waals surface area contributed by atoms with Crippen LogP contribution in [0.15, 0.2) is 38.0 Å². The second kappa shape index (κ2) is 74.8. The van der Waals surface area contributed by atoms with Crippen molar-refractivity contribution >= 4 is 8.25 Å². The molecule has 0 aromatic heterocycles. The van der Waals surface area contributed by atoms with Crippen molar-refractivity contribution in [3.05, 3.63) is 38.0 Å². The Morgan fingerprint density at radius 2 is 0.947 bits per heavy atom. The first-order valence-electron chi connectivity index (χ1n) is 4.89.